The summed E-state index contributed by atoms with van der Waals surface area (Å²) in [4.78, 5) is 46.8. The highest BCUT2D eigenvalue weighted by Gasteiger charge is 2.60. The number of rotatable bonds is 6. The van der Waals surface area contributed by atoms with Crippen molar-refractivity contribution in [3.63, 3.8) is 0 Å². The molecule has 33 heavy (non-hydrogen) atoms. The number of aliphatic imine (C=N–C) groups is 1. The second-order valence-electron chi connectivity index (χ2n) is 9.86. The monoisotopic (exact) mass is 497 g/mol. The molecule has 2 fully saturated rings. The van der Waals surface area contributed by atoms with E-state index in [9.17, 15) is 19.5 Å². The van der Waals surface area contributed by atoms with Gasteiger partial charge in [0, 0.05) is 34.9 Å². The van der Waals surface area contributed by atoms with Gasteiger partial charge in [-0.3, -0.25) is 14.6 Å². The fourth-order valence-electron chi connectivity index (χ4n) is 4.45. The molecule has 11 heteroatoms. The molecule has 4 rings (SSSR count). The minimum Gasteiger partial charge on any atom is -0.427 e. The van der Waals surface area contributed by atoms with Crippen LogP contribution >= 0.6 is 23.5 Å². The lowest BCUT2D eigenvalue weighted by molar-refractivity contribution is -0.175. The zero-order valence-corrected chi connectivity index (χ0v) is 21.2. The van der Waals surface area contributed by atoms with E-state index in [1.165, 1.54) is 4.90 Å². The number of aliphatic hydroxyl groups excluding tert-OH is 1. The van der Waals surface area contributed by atoms with Crippen LogP contribution in [0.3, 0.4) is 0 Å². The van der Waals surface area contributed by atoms with Crippen LogP contribution < -0.4 is 0 Å². The van der Waals surface area contributed by atoms with Crippen LogP contribution in [0.15, 0.2) is 15.6 Å². The molecule has 4 atom stereocenters. The molecule has 0 aliphatic carbocycles. The summed E-state index contributed by atoms with van der Waals surface area (Å²) in [6.07, 6.45) is -0.799. The molecule has 9 nitrogen and oxygen atoms in total. The first kappa shape index (κ1) is 24.4. The maximum Gasteiger partial charge on any atom is 0.358 e. The topological polar surface area (TPSA) is 109 Å². The summed E-state index contributed by atoms with van der Waals surface area (Å²) < 4.78 is 10.3. The Morgan fingerprint density at radius 2 is 2.00 bits per heavy atom. The van der Waals surface area contributed by atoms with Gasteiger partial charge in [-0.1, -0.05) is 18.7 Å². The molecule has 0 spiro atoms. The highest BCUT2D eigenvalue weighted by Crippen LogP contribution is 2.52. The number of aliphatic hydroxyl groups is 1. The van der Waals surface area contributed by atoms with Crippen molar-refractivity contribution in [1.82, 2.24) is 9.80 Å². The van der Waals surface area contributed by atoms with E-state index in [1.807, 2.05) is 6.92 Å². The van der Waals surface area contributed by atoms with E-state index in [0.717, 1.165) is 35.5 Å². The highest BCUT2D eigenvalue weighted by molar-refractivity contribution is 8.14. The van der Waals surface area contributed by atoms with Gasteiger partial charge in [0.25, 0.3) is 0 Å². The molecule has 0 aromatic rings. The molecule has 0 saturated carbocycles. The SMILES string of the molecule is C[C@H](O)[C@@H]1C(=O)N2C(C(=O)OCOC(=O)C(C)(C)C)=C(SC3CN(C4=NCCS4)C3)[C@H](C)[C@@H]12. The maximum absolute atomic E-state index is 13.0. The summed E-state index contributed by atoms with van der Waals surface area (Å²) in [6.45, 7) is 10.7. The smallest absolute Gasteiger partial charge is 0.358 e. The van der Waals surface area contributed by atoms with E-state index in [0.29, 0.717) is 0 Å². The number of ether oxygens (including phenoxy) is 2. The Labute approximate surface area is 202 Å². The van der Waals surface area contributed by atoms with Gasteiger partial charge >= 0.3 is 11.9 Å². The minimum atomic E-state index is -0.799. The van der Waals surface area contributed by atoms with Crippen molar-refractivity contribution in [3.8, 4) is 0 Å². The van der Waals surface area contributed by atoms with Crippen molar-refractivity contribution < 1.29 is 29.0 Å². The van der Waals surface area contributed by atoms with Crippen LogP contribution in [0.5, 0.6) is 0 Å². The first-order chi connectivity index (χ1) is 15.5. The number of fused-ring (bicyclic) bond motifs is 1. The van der Waals surface area contributed by atoms with Crippen molar-refractivity contribution in [1.29, 1.82) is 0 Å². The van der Waals surface area contributed by atoms with Crippen LogP contribution in [-0.2, 0) is 23.9 Å². The van der Waals surface area contributed by atoms with Gasteiger partial charge in [-0.25, -0.2) is 4.79 Å². The fourth-order valence-corrected chi connectivity index (χ4v) is 6.85. The van der Waals surface area contributed by atoms with Crippen LogP contribution in [0, 0.1) is 17.3 Å². The van der Waals surface area contributed by atoms with Crippen molar-refractivity contribution in [2.75, 3.05) is 32.2 Å². The second kappa shape index (κ2) is 9.14. The number of thioether (sulfide) groups is 2. The molecule has 0 aromatic carbocycles. The van der Waals surface area contributed by atoms with Gasteiger partial charge in [-0.05, 0) is 27.7 Å². The van der Waals surface area contributed by atoms with Crippen LogP contribution in [0.2, 0.25) is 0 Å². The van der Waals surface area contributed by atoms with Gasteiger partial charge in [0.2, 0.25) is 12.7 Å². The fraction of sp³-hybridized carbons (Fsp3) is 0.727. The number of esters is 2. The molecule has 4 heterocycles. The number of amides is 1. The molecule has 182 valence electrons. The van der Waals surface area contributed by atoms with Gasteiger partial charge in [0.05, 0.1) is 30.0 Å². The van der Waals surface area contributed by atoms with E-state index in [-0.39, 0.29) is 28.8 Å². The largest absolute Gasteiger partial charge is 0.427 e. The number of carbonyl (C=O) groups excluding carboxylic acids is 3. The molecule has 1 N–H and O–H groups in total. The third-order valence-corrected chi connectivity index (χ3v) is 8.76. The zero-order chi connectivity index (χ0) is 24.1. The standard InChI is InChI=1S/C22H31N3O6S2/c1-11-15-14(12(2)26)18(27)25(15)16(19(28)30-10-31-20(29)22(3,4)5)17(11)33-13-8-24(9-13)21-23-6-7-32-21/h11-15,26H,6-10H2,1-5H3/t11-,12+,14+,15+/m1/s1. The Bertz CT molecular complexity index is 906. The molecule has 0 aromatic heterocycles. The number of nitrogens with zero attached hydrogens (tertiary/aromatic N) is 3. The number of amidine groups is 1. The molecular weight excluding hydrogens is 466 g/mol. The van der Waals surface area contributed by atoms with Gasteiger partial charge in [-0.15, -0.1) is 11.8 Å². The number of hydrogen-bond donors (Lipinski definition) is 1. The molecular formula is C22H31N3O6S2. The molecule has 2 saturated heterocycles. The van der Waals surface area contributed by atoms with Gasteiger partial charge in [-0.2, -0.15) is 0 Å². The Hall–Kier alpha value is -1.72. The van der Waals surface area contributed by atoms with Crippen molar-refractivity contribution >= 4 is 46.5 Å². The molecule has 0 unspecified atom stereocenters. The lowest BCUT2D eigenvalue weighted by atomic mass is 9.79. The third-order valence-electron chi connectivity index (χ3n) is 6.28. The zero-order valence-electron chi connectivity index (χ0n) is 19.6. The quantitative estimate of drug-likeness (QED) is 0.333. The molecule has 1 amide bonds. The van der Waals surface area contributed by atoms with Crippen LogP contribution in [0.25, 0.3) is 0 Å². The highest BCUT2D eigenvalue weighted by atomic mass is 32.2. The van der Waals surface area contributed by atoms with E-state index in [1.54, 1.807) is 51.2 Å². The number of hydrogen-bond acceptors (Lipinski definition) is 10. The summed E-state index contributed by atoms with van der Waals surface area (Å²) in [6, 6.07) is -0.273. The summed E-state index contributed by atoms with van der Waals surface area (Å²) in [5, 5.41) is 11.5. The second-order valence-corrected chi connectivity index (χ2v) is 12.3. The minimum absolute atomic E-state index is 0.0979. The Morgan fingerprint density at radius 3 is 2.58 bits per heavy atom. The van der Waals surface area contributed by atoms with Gasteiger partial charge in [0.1, 0.15) is 5.70 Å². The average Bonchev–Trinajstić information content (AvgIpc) is 3.29. The third kappa shape index (κ3) is 4.51. The normalized spacial score (nSPS) is 28.2. The van der Waals surface area contributed by atoms with E-state index >= 15 is 0 Å². The molecule has 4 aliphatic heterocycles. The Balaban J connectivity index is 1.47. The van der Waals surface area contributed by atoms with E-state index in [2.05, 4.69) is 9.89 Å². The van der Waals surface area contributed by atoms with E-state index in [4.69, 9.17) is 9.47 Å². The summed E-state index contributed by atoms with van der Waals surface area (Å²) in [5.41, 5.74) is -0.493. The van der Waals surface area contributed by atoms with Crippen LogP contribution in [0.1, 0.15) is 34.6 Å². The first-order valence-corrected chi connectivity index (χ1v) is 13.1. The van der Waals surface area contributed by atoms with Crippen LogP contribution in [-0.4, -0.2) is 87.5 Å². The molecule has 0 radical (unpaired) electrons. The first-order valence-electron chi connectivity index (χ1n) is 11.2. The Kier molecular flexibility index (Phi) is 6.76. The number of carbonyl (C=O) groups is 3. The molecule has 4 aliphatic rings. The predicted molar refractivity (Wildman–Crippen MR) is 126 cm³/mol. The summed E-state index contributed by atoms with van der Waals surface area (Å²) in [7, 11) is 0. The Morgan fingerprint density at radius 1 is 1.30 bits per heavy atom. The van der Waals surface area contributed by atoms with Crippen molar-refractivity contribution in [2.45, 2.75) is 52.0 Å². The lowest BCUT2D eigenvalue weighted by Crippen LogP contribution is -2.63. The van der Waals surface area contributed by atoms with Crippen molar-refractivity contribution in [2.24, 2.45) is 22.2 Å². The number of β-lactam (4-membered cyclic amide) rings is 1. The van der Waals surface area contributed by atoms with Crippen molar-refractivity contribution in [3.05, 3.63) is 10.6 Å². The summed E-state index contributed by atoms with van der Waals surface area (Å²) >= 11 is 3.36. The predicted octanol–water partition coefficient (Wildman–Crippen LogP) is 1.67. The lowest BCUT2D eigenvalue weighted by Gasteiger charge is -2.46. The maximum atomic E-state index is 13.0. The van der Waals surface area contributed by atoms with Gasteiger partial charge in [0.15, 0.2) is 5.17 Å². The average molecular weight is 498 g/mol. The number of likely N-dealkylation sites (tertiary alicyclic amines) is 1. The summed E-state index contributed by atoms with van der Waals surface area (Å²) in [5.74, 6) is -1.06. The molecule has 0 bridgehead atoms. The van der Waals surface area contributed by atoms with E-state index < -0.39 is 36.2 Å². The van der Waals surface area contributed by atoms with Crippen LogP contribution in [0.4, 0.5) is 0 Å². The van der Waals surface area contributed by atoms with Gasteiger partial charge < -0.3 is 24.4 Å².